The number of benzene rings is 3. The second kappa shape index (κ2) is 6.84. The van der Waals surface area contributed by atoms with Crippen LogP contribution in [-0.2, 0) is 0 Å². The van der Waals surface area contributed by atoms with Crippen molar-refractivity contribution in [1.82, 2.24) is 10.9 Å². The summed E-state index contributed by atoms with van der Waals surface area (Å²) in [6.07, 6.45) is 0. The van der Waals surface area contributed by atoms with E-state index in [0.717, 1.165) is 16.3 Å². The van der Waals surface area contributed by atoms with E-state index in [4.69, 9.17) is 0 Å². The first-order valence-corrected chi connectivity index (χ1v) is 7.54. The summed E-state index contributed by atoms with van der Waals surface area (Å²) in [6.45, 7) is 3.90. The fourth-order valence-corrected chi connectivity index (χ4v) is 2.47. The lowest BCUT2D eigenvalue weighted by Crippen LogP contribution is -2.36. The Morgan fingerprint density at radius 2 is 1.60 bits per heavy atom. The predicted octanol–water partition coefficient (Wildman–Crippen LogP) is 3.65. The van der Waals surface area contributed by atoms with Crippen molar-refractivity contribution >= 4 is 28.1 Å². The van der Waals surface area contributed by atoms with Gasteiger partial charge in [0, 0.05) is 6.07 Å². The minimum Gasteiger partial charge on any atom is -0.298 e. The van der Waals surface area contributed by atoms with Gasteiger partial charge < -0.3 is 0 Å². The number of para-hydroxylation sites is 1. The van der Waals surface area contributed by atoms with Crippen molar-refractivity contribution in [1.29, 1.82) is 0 Å². The van der Waals surface area contributed by atoms with Crippen molar-refractivity contribution < 1.29 is 9.72 Å². The van der Waals surface area contributed by atoms with E-state index in [1.165, 1.54) is 18.2 Å². The molecule has 0 heterocycles. The third-order valence-corrected chi connectivity index (χ3v) is 3.77. The van der Waals surface area contributed by atoms with Crippen LogP contribution in [0.3, 0.4) is 0 Å². The van der Waals surface area contributed by atoms with Crippen LogP contribution in [-0.4, -0.2) is 10.8 Å². The summed E-state index contributed by atoms with van der Waals surface area (Å²) in [4.78, 5) is 22.6. The zero-order chi connectivity index (χ0) is 17.8. The largest absolute Gasteiger partial charge is 0.298 e. The molecule has 0 aliphatic carbocycles. The zero-order valence-corrected chi connectivity index (χ0v) is 13.2. The van der Waals surface area contributed by atoms with Gasteiger partial charge in [0.25, 0.3) is 11.6 Å². The summed E-state index contributed by atoms with van der Waals surface area (Å²) < 4.78 is 0. The van der Waals surface area contributed by atoms with E-state index in [1.54, 1.807) is 6.07 Å². The van der Waals surface area contributed by atoms with Crippen LogP contribution in [0.15, 0.2) is 73.3 Å². The molecule has 6 nitrogen and oxygen atoms in total. The van der Waals surface area contributed by atoms with E-state index in [-0.39, 0.29) is 11.3 Å². The Labute approximate surface area is 143 Å². The number of hydrogen-bond acceptors (Lipinski definition) is 4. The fourth-order valence-electron chi connectivity index (χ4n) is 2.47. The molecule has 3 rings (SSSR count). The van der Waals surface area contributed by atoms with Crippen LogP contribution in [0, 0.1) is 10.1 Å². The third-order valence-electron chi connectivity index (χ3n) is 3.77. The maximum atomic E-state index is 12.2. The molecule has 0 aliphatic heterocycles. The molecular formula is C19H15N3O3. The van der Waals surface area contributed by atoms with Crippen LogP contribution in [0.4, 0.5) is 5.69 Å². The van der Waals surface area contributed by atoms with Gasteiger partial charge in [0.15, 0.2) is 0 Å². The number of hydrogen-bond donors (Lipinski definition) is 2. The van der Waals surface area contributed by atoms with Crippen LogP contribution in [0.1, 0.15) is 15.9 Å². The van der Waals surface area contributed by atoms with Crippen molar-refractivity contribution in [2.24, 2.45) is 0 Å². The molecule has 3 aromatic carbocycles. The van der Waals surface area contributed by atoms with Crippen molar-refractivity contribution in [3.63, 3.8) is 0 Å². The molecule has 0 spiro atoms. The molecule has 0 fully saturated rings. The summed E-state index contributed by atoms with van der Waals surface area (Å²) in [5, 5.41) is 13.1. The number of carbonyl (C=O) groups is 1. The van der Waals surface area contributed by atoms with Gasteiger partial charge in [-0.2, -0.15) is 0 Å². The predicted molar refractivity (Wildman–Crippen MR) is 96.7 cm³/mol. The number of nitro benzene ring substituents is 1. The molecule has 0 unspecified atom stereocenters. The van der Waals surface area contributed by atoms with Gasteiger partial charge in [-0.3, -0.25) is 25.8 Å². The van der Waals surface area contributed by atoms with Gasteiger partial charge in [-0.25, -0.2) is 0 Å². The van der Waals surface area contributed by atoms with Crippen molar-refractivity contribution in [3.05, 3.63) is 94.6 Å². The lowest BCUT2D eigenvalue weighted by Gasteiger charge is -2.12. The van der Waals surface area contributed by atoms with Crippen LogP contribution in [0.25, 0.3) is 16.5 Å². The van der Waals surface area contributed by atoms with Gasteiger partial charge in [0.05, 0.1) is 10.6 Å². The Morgan fingerprint density at radius 1 is 0.920 bits per heavy atom. The summed E-state index contributed by atoms with van der Waals surface area (Å²) in [5.41, 5.74) is 6.18. The first-order valence-electron chi connectivity index (χ1n) is 7.54. The molecule has 0 atom stereocenters. The third kappa shape index (κ3) is 3.48. The number of rotatable bonds is 5. The molecule has 3 aromatic rings. The first-order chi connectivity index (χ1) is 12.1. The van der Waals surface area contributed by atoms with Crippen molar-refractivity contribution in [2.75, 3.05) is 0 Å². The van der Waals surface area contributed by atoms with E-state index in [2.05, 4.69) is 17.4 Å². The molecule has 25 heavy (non-hydrogen) atoms. The van der Waals surface area contributed by atoms with Gasteiger partial charge in [-0.15, -0.1) is 0 Å². The monoisotopic (exact) mass is 333 g/mol. The molecular weight excluding hydrogens is 318 g/mol. The highest BCUT2D eigenvalue weighted by Gasteiger charge is 2.19. The highest BCUT2D eigenvalue weighted by Crippen LogP contribution is 2.19. The van der Waals surface area contributed by atoms with Crippen LogP contribution >= 0.6 is 0 Å². The van der Waals surface area contributed by atoms with Gasteiger partial charge >= 0.3 is 0 Å². The summed E-state index contributed by atoms with van der Waals surface area (Å²) in [6, 6.07) is 19.4. The number of nitrogens with one attached hydrogen (secondary N) is 2. The molecule has 0 aliphatic rings. The zero-order valence-electron chi connectivity index (χ0n) is 13.2. The lowest BCUT2D eigenvalue weighted by atomic mass is 10.1. The second-order valence-electron chi connectivity index (χ2n) is 5.39. The van der Waals surface area contributed by atoms with Crippen molar-refractivity contribution in [2.45, 2.75) is 0 Å². The number of hydrazine groups is 1. The standard InChI is InChI=1S/C19H15N3O3/c1-13(15-11-10-14-6-2-3-7-16(14)12-15)20-21-19(23)17-8-4-5-9-18(17)22(24)25/h2-12,20H,1H2,(H,21,23). The Kier molecular flexibility index (Phi) is 4.43. The van der Waals surface area contributed by atoms with E-state index < -0.39 is 10.8 Å². The van der Waals surface area contributed by atoms with Gasteiger partial charge in [-0.05, 0) is 28.5 Å². The molecule has 6 heteroatoms. The maximum Gasteiger partial charge on any atom is 0.282 e. The van der Waals surface area contributed by atoms with Crippen molar-refractivity contribution in [3.8, 4) is 0 Å². The first kappa shape index (κ1) is 16.2. The van der Waals surface area contributed by atoms with Crippen LogP contribution < -0.4 is 10.9 Å². The maximum absolute atomic E-state index is 12.2. The molecule has 0 saturated carbocycles. The Morgan fingerprint density at radius 3 is 2.36 bits per heavy atom. The molecule has 0 aromatic heterocycles. The highest BCUT2D eigenvalue weighted by molar-refractivity contribution is 5.98. The molecule has 124 valence electrons. The number of nitrogens with zero attached hydrogens (tertiary/aromatic N) is 1. The van der Waals surface area contributed by atoms with Gasteiger partial charge in [0.1, 0.15) is 5.56 Å². The lowest BCUT2D eigenvalue weighted by molar-refractivity contribution is -0.385. The highest BCUT2D eigenvalue weighted by atomic mass is 16.6. The minimum atomic E-state index is -0.603. The summed E-state index contributed by atoms with van der Waals surface area (Å²) in [5.74, 6) is -0.603. The molecule has 0 bridgehead atoms. The minimum absolute atomic E-state index is 0.0219. The Hall–Kier alpha value is -3.67. The van der Waals surface area contributed by atoms with Crippen LogP contribution in [0.5, 0.6) is 0 Å². The summed E-state index contributed by atoms with van der Waals surface area (Å²) >= 11 is 0. The topological polar surface area (TPSA) is 84.3 Å². The van der Waals surface area contributed by atoms with E-state index in [9.17, 15) is 14.9 Å². The number of amides is 1. The van der Waals surface area contributed by atoms with E-state index in [1.807, 2.05) is 42.5 Å². The average molecular weight is 333 g/mol. The van der Waals surface area contributed by atoms with E-state index >= 15 is 0 Å². The van der Waals surface area contributed by atoms with Crippen LogP contribution in [0.2, 0.25) is 0 Å². The Bertz CT molecular complexity index is 982. The number of fused-ring (bicyclic) bond motifs is 1. The fraction of sp³-hybridized carbons (Fsp3) is 0. The average Bonchev–Trinajstić information content (AvgIpc) is 2.65. The quantitative estimate of drug-likeness (QED) is 0.551. The molecule has 2 N–H and O–H groups in total. The SMILES string of the molecule is C=C(NNC(=O)c1ccccc1[N+](=O)[O-])c1ccc2ccccc2c1. The summed E-state index contributed by atoms with van der Waals surface area (Å²) in [7, 11) is 0. The molecule has 0 radical (unpaired) electrons. The normalized spacial score (nSPS) is 10.2. The smallest absolute Gasteiger partial charge is 0.282 e. The van der Waals surface area contributed by atoms with E-state index in [0.29, 0.717) is 5.70 Å². The number of nitro groups is 1. The molecule has 1 amide bonds. The van der Waals surface area contributed by atoms with Gasteiger partial charge in [0.2, 0.25) is 0 Å². The molecule has 0 saturated heterocycles. The second-order valence-corrected chi connectivity index (χ2v) is 5.39. The Balaban J connectivity index is 1.73. The van der Waals surface area contributed by atoms with Gasteiger partial charge in [-0.1, -0.05) is 55.1 Å². The number of carbonyl (C=O) groups excluding carboxylic acids is 1.